The van der Waals surface area contributed by atoms with Crippen LogP contribution in [0.15, 0.2) is 4.52 Å². The number of aryl methyl sites for hydroxylation is 2. The Bertz CT molecular complexity index is 433. The molecule has 0 saturated heterocycles. The Kier molecular flexibility index (Phi) is 3.71. The zero-order chi connectivity index (χ0) is 13.2. The number of nitrogens with zero attached hydrogens (tertiary/aromatic N) is 1. The molecule has 1 saturated carbocycles. The fraction of sp³-hybridized carbons (Fsp3) is 0.692. The molecular formula is C13H20N2O3. The monoisotopic (exact) mass is 252 g/mol. The molecule has 1 amide bonds. The van der Waals surface area contributed by atoms with Gasteiger partial charge in [-0.3, -0.25) is 4.79 Å². The molecule has 1 heterocycles. The zero-order valence-electron chi connectivity index (χ0n) is 11.0. The summed E-state index contributed by atoms with van der Waals surface area (Å²) >= 11 is 0. The molecule has 1 fully saturated rings. The minimum atomic E-state index is -0.818. The van der Waals surface area contributed by atoms with Crippen LogP contribution in [0, 0.1) is 6.92 Å². The van der Waals surface area contributed by atoms with Crippen LogP contribution in [0.1, 0.15) is 50.5 Å². The van der Waals surface area contributed by atoms with Crippen molar-refractivity contribution >= 4 is 11.6 Å². The second kappa shape index (κ2) is 5.10. The maximum absolute atomic E-state index is 12.0. The number of rotatable bonds is 4. The van der Waals surface area contributed by atoms with Gasteiger partial charge in [-0.1, -0.05) is 24.9 Å². The van der Waals surface area contributed by atoms with Gasteiger partial charge in [-0.15, -0.1) is 0 Å². The van der Waals surface area contributed by atoms with Gasteiger partial charge in [-0.25, -0.2) is 0 Å². The lowest BCUT2D eigenvalue weighted by Crippen LogP contribution is -2.31. The first-order valence-corrected chi connectivity index (χ1v) is 6.51. The van der Waals surface area contributed by atoms with Gasteiger partial charge >= 0.3 is 0 Å². The number of aliphatic hydroxyl groups is 1. The molecule has 0 bridgehead atoms. The highest BCUT2D eigenvalue weighted by Gasteiger charge is 2.33. The molecule has 0 aliphatic heterocycles. The summed E-state index contributed by atoms with van der Waals surface area (Å²) in [6, 6.07) is 0. The lowest BCUT2D eigenvalue weighted by molar-refractivity contribution is -0.120. The molecule has 1 aliphatic rings. The number of hydrogen-bond acceptors (Lipinski definition) is 4. The Hall–Kier alpha value is -1.36. The van der Waals surface area contributed by atoms with Gasteiger partial charge in [-0.05, 0) is 19.8 Å². The van der Waals surface area contributed by atoms with Crippen LogP contribution < -0.4 is 5.32 Å². The molecule has 5 nitrogen and oxygen atoms in total. The van der Waals surface area contributed by atoms with E-state index in [1.807, 2.05) is 6.92 Å². The quantitative estimate of drug-likeness (QED) is 0.861. The molecule has 1 aromatic heterocycles. The maximum Gasteiger partial charge on any atom is 0.227 e. The van der Waals surface area contributed by atoms with E-state index in [0.717, 1.165) is 12.8 Å². The summed E-state index contributed by atoms with van der Waals surface area (Å²) in [7, 11) is 0. The van der Waals surface area contributed by atoms with Crippen LogP contribution in [0.5, 0.6) is 0 Å². The number of carbonyl (C=O) groups is 1. The fourth-order valence-electron chi connectivity index (χ4n) is 2.51. The van der Waals surface area contributed by atoms with Crippen molar-refractivity contribution in [3.05, 3.63) is 11.5 Å². The lowest BCUT2D eigenvalue weighted by Gasteiger charge is -2.21. The molecule has 5 heteroatoms. The van der Waals surface area contributed by atoms with Crippen LogP contribution >= 0.6 is 0 Å². The highest BCUT2D eigenvalue weighted by atomic mass is 16.5. The van der Waals surface area contributed by atoms with E-state index in [-0.39, 0.29) is 12.3 Å². The Labute approximate surface area is 107 Å². The van der Waals surface area contributed by atoms with Crippen molar-refractivity contribution in [3.63, 3.8) is 0 Å². The average molecular weight is 252 g/mol. The summed E-state index contributed by atoms with van der Waals surface area (Å²) in [4.78, 5) is 12.0. The van der Waals surface area contributed by atoms with Gasteiger partial charge in [-0.2, -0.15) is 0 Å². The Balaban J connectivity index is 2.00. The topological polar surface area (TPSA) is 75.4 Å². The van der Waals surface area contributed by atoms with Crippen molar-refractivity contribution in [2.75, 3.05) is 5.32 Å². The minimum absolute atomic E-state index is 0.154. The summed E-state index contributed by atoms with van der Waals surface area (Å²) in [5.41, 5.74) is 0.518. The van der Waals surface area contributed by atoms with E-state index < -0.39 is 5.60 Å². The lowest BCUT2D eigenvalue weighted by atomic mass is 9.97. The second-order valence-electron chi connectivity index (χ2n) is 5.08. The van der Waals surface area contributed by atoms with Crippen molar-refractivity contribution in [2.45, 2.75) is 58.0 Å². The van der Waals surface area contributed by atoms with Gasteiger partial charge in [0.1, 0.15) is 11.4 Å². The van der Waals surface area contributed by atoms with E-state index >= 15 is 0 Å². The van der Waals surface area contributed by atoms with Crippen LogP contribution in [0.3, 0.4) is 0 Å². The molecule has 18 heavy (non-hydrogen) atoms. The van der Waals surface area contributed by atoms with Crippen molar-refractivity contribution < 1.29 is 14.4 Å². The van der Waals surface area contributed by atoms with Gasteiger partial charge in [0.2, 0.25) is 5.91 Å². The number of hydrogen-bond donors (Lipinski definition) is 2. The first kappa shape index (κ1) is 13.1. The third-order valence-electron chi connectivity index (χ3n) is 3.54. The van der Waals surface area contributed by atoms with Crippen molar-refractivity contribution in [1.82, 2.24) is 5.16 Å². The molecule has 1 aromatic rings. The van der Waals surface area contributed by atoms with E-state index in [9.17, 15) is 9.90 Å². The largest absolute Gasteiger partial charge is 0.389 e. The normalized spacial score (nSPS) is 17.9. The number of amides is 1. The van der Waals surface area contributed by atoms with Crippen LogP contribution in [0.4, 0.5) is 5.69 Å². The third kappa shape index (κ3) is 2.72. The highest BCUT2D eigenvalue weighted by molar-refractivity contribution is 5.92. The van der Waals surface area contributed by atoms with Gasteiger partial charge in [0.15, 0.2) is 5.76 Å². The number of aromatic nitrogens is 1. The number of nitrogens with one attached hydrogen (secondary N) is 1. The van der Waals surface area contributed by atoms with E-state index in [4.69, 9.17) is 4.52 Å². The first-order valence-electron chi connectivity index (χ1n) is 6.51. The Morgan fingerprint density at radius 2 is 2.17 bits per heavy atom. The van der Waals surface area contributed by atoms with Crippen LogP contribution in [-0.4, -0.2) is 21.8 Å². The van der Waals surface area contributed by atoms with Crippen LogP contribution in [0.2, 0.25) is 0 Å². The molecule has 2 rings (SSSR count). The van der Waals surface area contributed by atoms with Gasteiger partial charge < -0.3 is 14.9 Å². The Morgan fingerprint density at radius 3 is 2.78 bits per heavy atom. The summed E-state index contributed by atoms with van der Waals surface area (Å²) < 4.78 is 5.11. The van der Waals surface area contributed by atoms with Crippen molar-refractivity contribution in [2.24, 2.45) is 0 Å². The zero-order valence-corrected chi connectivity index (χ0v) is 11.0. The maximum atomic E-state index is 12.0. The molecule has 0 radical (unpaired) electrons. The molecule has 1 aliphatic carbocycles. The molecular weight excluding hydrogens is 232 g/mol. The van der Waals surface area contributed by atoms with Crippen molar-refractivity contribution in [3.8, 4) is 0 Å². The number of carbonyl (C=O) groups excluding carboxylic acids is 1. The SMILES string of the molecule is CCc1onc(C)c1NC(=O)CC1(O)CCCC1. The smallest absolute Gasteiger partial charge is 0.227 e. The predicted molar refractivity (Wildman–Crippen MR) is 67.3 cm³/mol. The van der Waals surface area contributed by atoms with Gasteiger partial charge in [0.05, 0.1) is 12.0 Å². The van der Waals surface area contributed by atoms with E-state index in [0.29, 0.717) is 36.4 Å². The van der Waals surface area contributed by atoms with Crippen molar-refractivity contribution in [1.29, 1.82) is 0 Å². The first-order chi connectivity index (χ1) is 8.54. The average Bonchev–Trinajstić information content (AvgIpc) is 2.87. The minimum Gasteiger partial charge on any atom is -0.389 e. The molecule has 0 spiro atoms. The van der Waals surface area contributed by atoms with E-state index in [1.54, 1.807) is 6.92 Å². The standard InChI is InChI=1S/C13H20N2O3/c1-3-10-12(9(2)15-18-10)14-11(16)8-13(17)6-4-5-7-13/h17H,3-8H2,1-2H3,(H,14,16). The second-order valence-corrected chi connectivity index (χ2v) is 5.08. The summed E-state index contributed by atoms with van der Waals surface area (Å²) in [6.07, 6.45) is 4.25. The fourth-order valence-corrected chi connectivity index (χ4v) is 2.51. The molecule has 0 aromatic carbocycles. The summed E-state index contributed by atoms with van der Waals surface area (Å²) in [6.45, 7) is 3.74. The Morgan fingerprint density at radius 1 is 1.50 bits per heavy atom. The van der Waals surface area contributed by atoms with E-state index in [2.05, 4.69) is 10.5 Å². The predicted octanol–water partition coefficient (Wildman–Crippen LogP) is 2.18. The van der Waals surface area contributed by atoms with Gasteiger partial charge in [0, 0.05) is 6.42 Å². The number of anilines is 1. The molecule has 0 atom stereocenters. The third-order valence-corrected chi connectivity index (χ3v) is 3.54. The van der Waals surface area contributed by atoms with Gasteiger partial charge in [0.25, 0.3) is 0 Å². The molecule has 100 valence electrons. The van der Waals surface area contributed by atoms with E-state index in [1.165, 1.54) is 0 Å². The summed E-state index contributed by atoms with van der Waals surface area (Å²) in [5.74, 6) is 0.514. The van der Waals surface area contributed by atoms with Crippen LogP contribution in [-0.2, 0) is 11.2 Å². The molecule has 2 N–H and O–H groups in total. The summed E-state index contributed by atoms with van der Waals surface area (Å²) in [5, 5.41) is 16.8. The molecule has 0 unspecified atom stereocenters. The highest BCUT2D eigenvalue weighted by Crippen LogP contribution is 2.32. The van der Waals surface area contributed by atoms with Crippen LogP contribution in [0.25, 0.3) is 0 Å².